The van der Waals surface area contributed by atoms with Crippen molar-refractivity contribution in [1.29, 1.82) is 0 Å². The van der Waals surface area contributed by atoms with Crippen LogP contribution in [-0.2, 0) is 6.54 Å². The maximum absolute atomic E-state index is 13.2. The summed E-state index contributed by atoms with van der Waals surface area (Å²) >= 11 is 6.54. The highest BCUT2D eigenvalue weighted by molar-refractivity contribution is 6.38. The average Bonchev–Trinajstić information content (AvgIpc) is 3.05. The van der Waals surface area contributed by atoms with Crippen LogP contribution in [0.25, 0.3) is 16.7 Å². The lowest BCUT2D eigenvalue weighted by Gasteiger charge is -2.08. The van der Waals surface area contributed by atoms with E-state index in [-0.39, 0.29) is 17.3 Å². The number of carbonyl (C=O) groups is 1. The van der Waals surface area contributed by atoms with Crippen molar-refractivity contribution in [3.63, 3.8) is 0 Å². The number of pyridine rings is 1. The summed E-state index contributed by atoms with van der Waals surface area (Å²) in [6, 6.07) is 15.5. The Morgan fingerprint density at radius 3 is 2.57 bits per heavy atom. The van der Waals surface area contributed by atoms with E-state index in [1.54, 1.807) is 23.7 Å². The van der Waals surface area contributed by atoms with E-state index in [0.29, 0.717) is 34.0 Å². The van der Waals surface area contributed by atoms with Crippen LogP contribution >= 0.6 is 11.6 Å². The van der Waals surface area contributed by atoms with Gasteiger partial charge in [-0.15, -0.1) is 0 Å². The number of carbonyl (C=O) groups excluding carboxylic acids is 1. The number of aromatic nitrogens is 3. The third-order valence-electron chi connectivity index (χ3n) is 4.42. The highest BCUT2D eigenvalue weighted by Crippen LogP contribution is 2.30. The summed E-state index contributed by atoms with van der Waals surface area (Å²) in [7, 11) is 0. The monoisotopic (exact) mass is 394 g/mol. The van der Waals surface area contributed by atoms with Gasteiger partial charge in [-0.1, -0.05) is 41.9 Å². The number of hydrogen-bond acceptors (Lipinski definition) is 3. The van der Waals surface area contributed by atoms with Gasteiger partial charge >= 0.3 is 0 Å². The third-order valence-corrected chi connectivity index (χ3v) is 4.81. The normalized spacial score (nSPS) is 11.0. The molecule has 0 aliphatic carbocycles. The standard InChI is InChI=1S/C21H16ClFN4O/c1-13-18-19(22)17(21(28)25-11-14-5-3-2-4-6-14)12-24-20(18)27(26-13)16-9-7-15(23)8-10-16/h2-10,12H,11H2,1H3,(H,25,28). The molecule has 4 aromatic rings. The van der Waals surface area contributed by atoms with E-state index in [2.05, 4.69) is 15.4 Å². The van der Waals surface area contributed by atoms with Crippen molar-refractivity contribution in [2.75, 3.05) is 0 Å². The van der Waals surface area contributed by atoms with Crippen molar-refractivity contribution >= 4 is 28.5 Å². The van der Waals surface area contributed by atoms with E-state index in [9.17, 15) is 9.18 Å². The topological polar surface area (TPSA) is 59.8 Å². The molecule has 140 valence electrons. The zero-order valence-electron chi connectivity index (χ0n) is 15.0. The molecule has 0 radical (unpaired) electrons. The number of amides is 1. The summed E-state index contributed by atoms with van der Waals surface area (Å²) in [5.74, 6) is -0.641. The van der Waals surface area contributed by atoms with Gasteiger partial charge in [-0.3, -0.25) is 4.79 Å². The quantitative estimate of drug-likeness (QED) is 0.556. The molecule has 0 spiro atoms. The molecule has 0 fully saturated rings. The van der Waals surface area contributed by atoms with Crippen LogP contribution < -0.4 is 5.32 Å². The van der Waals surface area contributed by atoms with Gasteiger partial charge in [-0.2, -0.15) is 5.10 Å². The van der Waals surface area contributed by atoms with Gasteiger partial charge in [-0.05, 0) is 36.8 Å². The largest absolute Gasteiger partial charge is 0.348 e. The molecule has 5 nitrogen and oxygen atoms in total. The minimum atomic E-state index is -0.333. The predicted molar refractivity (Wildman–Crippen MR) is 106 cm³/mol. The lowest BCUT2D eigenvalue weighted by molar-refractivity contribution is 0.0951. The minimum Gasteiger partial charge on any atom is -0.348 e. The first-order valence-electron chi connectivity index (χ1n) is 8.66. The molecule has 2 heterocycles. The molecule has 0 saturated heterocycles. The van der Waals surface area contributed by atoms with Gasteiger partial charge in [0, 0.05) is 12.7 Å². The van der Waals surface area contributed by atoms with Crippen molar-refractivity contribution in [3.8, 4) is 5.69 Å². The number of nitrogens with one attached hydrogen (secondary N) is 1. The van der Waals surface area contributed by atoms with Gasteiger partial charge in [0.1, 0.15) is 5.82 Å². The number of benzene rings is 2. The van der Waals surface area contributed by atoms with Crippen molar-refractivity contribution in [2.24, 2.45) is 0 Å². The van der Waals surface area contributed by atoms with Crippen molar-refractivity contribution in [3.05, 3.63) is 88.5 Å². The molecule has 0 saturated carbocycles. The van der Waals surface area contributed by atoms with Gasteiger partial charge in [-0.25, -0.2) is 14.1 Å². The second-order valence-electron chi connectivity index (χ2n) is 6.33. The molecule has 0 atom stereocenters. The SMILES string of the molecule is Cc1nn(-c2ccc(F)cc2)c2ncc(C(=O)NCc3ccccc3)c(Cl)c12. The molecule has 1 N–H and O–H groups in total. The van der Waals surface area contributed by atoms with Crippen LogP contribution in [0.5, 0.6) is 0 Å². The number of nitrogens with zero attached hydrogens (tertiary/aromatic N) is 3. The summed E-state index contributed by atoms with van der Waals surface area (Å²) < 4.78 is 14.8. The highest BCUT2D eigenvalue weighted by Gasteiger charge is 2.20. The highest BCUT2D eigenvalue weighted by atomic mass is 35.5. The summed E-state index contributed by atoms with van der Waals surface area (Å²) in [6.45, 7) is 2.18. The van der Waals surface area contributed by atoms with Crippen LogP contribution in [0.2, 0.25) is 5.02 Å². The Morgan fingerprint density at radius 1 is 1.14 bits per heavy atom. The first-order valence-corrected chi connectivity index (χ1v) is 9.04. The Balaban J connectivity index is 1.68. The van der Waals surface area contributed by atoms with Gasteiger partial charge in [0.05, 0.1) is 27.4 Å². The number of halogens is 2. The molecule has 0 unspecified atom stereocenters. The fraction of sp³-hybridized carbons (Fsp3) is 0.0952. The molecular weight excluding hydrogens is 379 g/mol. The van der Waals surface area contributed by atoms with Crippen LogP contribution in [0.1, 0.15) is 21.6 Å². The molecular formula is C21H16ClFN4O. The van der Waals surface area contributed by atoms with Crippen molar-refractivity contribution in [2.45, 2.75) is 13.5 Å². The van der Waals surface area contributed by atoms with Crippen LogP contribution in [0.4, 0.5) is 4.39 Å². The van der Waals surface area contributed by atoms with Crippen molar-refractivity contribution in [1.82, 2.24) is 20.1 Å². The smallest absolute Gasteiger partial charge is 0.254 e. The Kier molecular flexibility index (Phi) is 4.79. The Morgan fingerprint density at radius 2 is 1.86 bits per heavy atom. The first kappa shape index (κ1) is 18.1. The lowest BCUT2D eigenvalue weighted by atomic mass is 10.1. The summed E-state index contributed by atoms with van der Waals surface area (Å²) in [6.07, 6.45) is 1.44. The molecule has 0 aliphatic rings. The third kappa shape index (κ3) is 3.34. The maximum Gasteiger partial charge on any atom is 0.254 e. The van der Waals surface area contributed by atoms with Crippen LogP contribution in [0, 0.1) is 12.7 Å². The Labute approximate surface area is 165 Å². The van der Waals surface area contributed by atoms with E-state index >= 15 is 0 Å². The fourth-order valence-corrected chi connectivity index (χ4v) is 3.36. The second-order valence-corrected chi connectivity index (χ2v) is 6.70. The fourth-order valence-electron chi connectivity index (χ4n) is 3.00. The number of fused-ring (bicyclic) bond motifs is 1. The van der Waals surface area contributed by atoms with Crippen molar-refractivity contribution < 1.29 is 9.18 Å². The lowest BCUT2D eigenvalue weighted by Crippen LogP contribution is -2.23. The molecule has 28 heavy (non-hydrogen) atoms. The van der Waals surface area contributed by atoms with Crippen LogP contribution in [-0.4, -0.2) is 20.7 Å². The zero-order chi connectivity index (χ0) is 19.7. The van der Waals surface area contributed by atoms with E-state index in [0.717, 1.165) is 5.56 Å². The molecule has 7 heteroatoms. The molecule has 0 bridgehead atoms. The second kappa shape index (κ2) is 7.40. The van der Waals surface area contributed by atoms with Gasteiger partial charge < -0.3 is 5.32 Å². The summed E-state index contributed by atoms with van der Waals surface area (Å²) in [4.78, 5) is 17.0. The van der Waals surface area contributed by atoms with E-state index in [4.69, 9.17) is 11.6 Å². The maximum atomic E-state index is 13.2. The number of rotatable bonds is 4. The molecule has 0 aliphatic heterocycles. The zero-order valence-corrected chi connectivity index (χ0v) is 15.7. The molecule has 2 aromatic heterocycles. The van der Waals surface area contributed by atoms with Crippen LogP contribution in [0.3, 0.4) is 0 Å². The Hall–Kier alpha value is -3.25. The molecule has 4 rings (SSSR count). The van der Waals surface area contributed by atoms with E-state index < -0.39 is 0 Å². The molecule has 1 amide bonds. The van der Waals surface area contributed by atoms with Gasteiger partial charge in [0.25, 0.3) is 5.91 Å². The number of aryl methyl sites for hydroxylation is 1. The van der Waals surface area contributed by atoms with E-state index in [1.807, 2.05) is 30.3 Å². The number of hydrogen-bond donors (Lipinski definition) is 1. The van der Waals surface area contributed by atoms with E-state index in [1.165, 1.54) is 18.3 Å². The minimum absolute atomic E-state index is 0.284. The summed E-state index contributed by atoms with van der Waals surface area (Å²) in [5.41, 5.74) is 3.07. The van der Waals surface area contributed by atoms with Gasteiger partial charge in [0.15, 0.2) is 5.65 Å². The average molecular weight is 395 g/mol. The van der Waals surface area contributed by atoms with Gasteiger partial charge in [0.2, 0.25) is 0 Å². The predicted octanol–water partition coefficient (Wildman–Crippen LogP) is 4.45. The first-order chi connectivity index (χ1) is 13.5. The van der Waals surface area contributed by atoms with Crippen LogP contribution in [0.15, 0.2) is 60.8 Å². The Bertz CT molecular complexity index is 1160. The summed E-state index contributed by atoms with van der Waals surface area (Å²) in [5, 5.41) is 8.20. The molecule has 2 aromatic carbocycles.